The first-order chi connectivity index (χ1) is 12.8. The molecule has 0 aliphatic rings. The van der Waals surface area contributed by atoms with E-state index in [0.29, 0.717) is 6.61 Å². The Morgan fingerprint density at radius 1 is 0.964 bits per heavy atom. The fourth-order valence-corrected chi connectivity index (χ4v) is 2.98. The van der Waals surface area contributed by atoms with Crippen LogP contribution < -0.4 is 15.7 Å². The van der Waals surface area contributed by atoms with Crippen molar-refractivity contribution in [1.29, 1.82) is 0 Å². The summed E-state index contributed by atoms with van der Waals surface area (Å²) in [5.74, 6) is 0.843. The van der Waals surface area contributed by atoms with E-state index in [0.717, 1.165) is 35.3 Å². The highest BCUT2D eigenvalue weighted by atomic mass is 35.5. The van der Waals surface area contributed by atoms with Crippen LogP contribution in [-0.4, -0.2) is 14.7 Å². The molecule has 2 aromatic carbocycles. The molecule has 6 heteroatoms. The summed E-state index contributed by atoms with van der Waals surface area (Å²) in [6.07, 6.45) is 1.09. The van der Waals surface area contributed by atoms with E-state index in [4.69, 9.17) is 4.74 Å². The van der Waals surface area contributed by atoms with Crippen molar-refractivity contribution < 1.29 is 4.74 Å². The number of nitrogens with one attached hydrogen (secondary N) is 1. The fourth-order valence-electron chi connectivity index (χ4n) is 2.98. The zero-order valence-electron chi connectivity index (χ0n) is 17.3. The van der Waals surface area contributed by atoms with Gasteiger partial charge < -0.3 is 10.1 Å². The summed E-state index contributed by atoms with van der Waals surface area (Å²) in [4.78, 5) is 12.0. The molecule has 28 heavy (non-hydrogen) atoms. The van der Waals surface area contributed by atoms with Crippen molar-refractivity contribution in [3.05, 3.63) is 64.1 Å². The SMILES string of the molecule is CCC(C)(C)NCc1ccc(OCc2ccc3c(c2)n(C)c(=O)n3C)cc1.Cl. The monoisotopic (exact) mass is 403 g/mol. The lowest BCUT2D eigenvalue weighted by atomic mass is 10.0. The molecule has 3 rings (SSSR count). The number of hydrogen-bond acceptors (Lipinski definition) is 3. The number of benzene rings is 2. The molecule has 0 aliphatic carbocycles. The molecule has 1 N–H and O–H groups in total. The molecule has 0 fully saturated rings. The molecule has 5 nitrogen and oxygen atoms in total. The van der Waals surface area contributed by atoms with Crippen LogP contribution in [0, 0.1) is 0 Å². The molecule has 0 radical (unpaired) electrons. The van der Waals surface area contributed by atoms with Gasteiger partial charge in [-0.1, -0.05) is 25.1 Å². The number of aryl methyl sites for hydroxylation is 2. The van der Waals surface area contributed by atoms with Gasteiger partial charge in [0.1, 0.15) is 12.4 Å². The van der Waals surface area contributed by atoms with E-state index >= 15 is 0 Å². The molecule has 1 aromatic heterocycles. The highest BCUT2D eigenvalue weighted by molar-refractivity contribution is 5.85. The van der Waals surface area contributed by atoms with E-state index in [1.165, 1.54) is 5.56 Å². The van der Waals surface area contributed by atoms with Gasteiger partial charge in [-0.05, 0) is 55.7 Å². The van der Waals surface area contributed by atoms with Crippen LogP contribution in [0.15, 0.2) is 47.3 Å². The van der Waals surface area contributed by atoms with E-state index in [9.17, 15) is 4.79 Å². The maximum atomic E-state index is 12.0. The molecule has 0 aliphatic heterocycles. The number of nitrogens with zero attached hydrogens (tertiary/aromatic N) is 2. The lowest BCUT2D eigenvalue weighted by Crippen LogP contribution is -2.37. The summed E-state index contributed by atoms with van der Waals surface area (Å²) in [5, 5.41) is 3.56. The summed E-state index contributed by atoms with van der Waals surface area (Å²) >= 11 is 0. The van der Waals surface area contributed by atoms with E-state index < -0.39 is 0 Å². The Hall–Kier alpha value is -2.24. The van der Waals surface area contributed by atoms with Crippen LogP contribution in [0.2, 0.25) is 0 Å². The van der Waals surface area contributed by atoms with Gasteiger partial charge in [0.05, 0.1) is 11.0 Å². The molecule has 1 heterocycles. The molecule has 0 bridgehead atoms. The molecule has 152 valence electrons. The largest absolute Gasteiger partial charge is 0.489 e. The first kappa shape index (κ1) is 22.1. The summed E-state index contributed by atoms with van der Waals surface area (Å²) in [7, 11) is 3.58. The number of halogens is 1. The van der Waals surface area contributed by atoms with Crippen molar-refractivity contribution in [1.82, 2.24) is 14.5 Å². The van der Waals surface area contributed by atoms with Crippen molar-refractivity contribution in [2.75, 3.05) is 0 Å². The number of aromatic nitrogens is 2. The molecule has 0 saturated heterocycles. The molecule has 0 unspecified atom stereocenters. The molecular weight excluding hydrogens is 374 g/mol. The minimum atomic E-state index is -0.0153. The minimum Gasteiger partial charge on any atom is -0.489 e. The third-order valence-electron chi connectivity index (χ3n) is 5.32. The van der Waals surface area contributed by atoms with Gasteiger partial charge in [-0.15, -0.1) is 12.4 Å². The maximum absolute atomic E-state index is 12.0. The Kier molecular flexibility index (Phi) is 6.96. The van der Waals surface area contributed by atoms with Crippen molar-refractivity contribution in [3.8, 4) is 5.75 Å². The number of rotatable bonds is 7. The van der Waals surface area contributed by atoms with Gasteiger partial charge in [-0.2, -0.15) is 0 Å². The van der Waals surface area contributed by atoms with Crippen molar-refractivity contribution in [2.45, 2.75) is 45.9 Å². The first-order valence-electron chi connectivity index (χ1n) is 9.42. The molecular formula is C22H30ClN3O2. The average Bonchev–Trinajstić information content (AvgIpc) is 2.89. The summed E-state index contributed by atoms with van der Waals surface area (Å²) in [6.45, 7) is 7.93. The molecule has 3 aromatic rings. The second kappa shape index (κ2) is 8.84. The Morgan fingerprint density at radius 3 is 2.21 bits per heavy atom. The van der Waals surface area contributed by atoms with E-state index in [2.05, 4.69) is 38.2 Å². The Morgan fingerprint density at radius 2 is 1.57 bits per heavy atom. The summed E-state index contributed by atoms with van der Waals surface area (Å²) < 4.78 is 9.25. The highest BCUT2D eigenvalue weighted by Gasteiger charge is 2.13. The van der Waals surface area contributed by atoms with Crippen LogP contribution in [0.4, 0.5) is 0 Å². The van der Waals surface area contributed by atoms with Gasteiger partial charge in [0.15, 0.2) is 0 Å². The average molecular weight is 404 g/mol. The lowest BCUT2D eigenvalue weighted by molar-refractivity contribution is 0.306. The Balaban J connectivity index is 0.00000280. The maximum Gasteiger partial charge on any atom is 0.328 e. The third-order valence-corrected chi connectivity index (χ3v) is 5.32. The van der Waals surface area contributed by atoms with E-state index in [1.54, 1.807) is 23.2 Å². The molecule has 0 spiro atoms. The topological polar surface area (TPSA) is 48.2 Å². The van der Waals surface area contributed by atoms with Gasteiger partial charge in [-0.3, -0.25) is 9.13 Å². The van der Waals surface area contributed by atoms with Crippen molar-refractivity contribution in [3.63, 3.8) is 0 Å². The summed E-state index contributed by atoms with van der Waals surface area (Å²) in [5.41, 5.74) is 4.26. The summed E-state index contributed by atoms with van der Waals surface area (Å²) in [6, 6.07) is 14.2. The second-order valence-corrected chi connectivity index (χ2v) is 7.75. The van der Waals surface area contributed by atoms with Crippen LogP contribution in [0.25, 0.3) is 11.0 Å². The van der Waals surface area contributed by atoms with Crippen molar-refractivity contribution in [2.24, 2.45) is 14.1 Å². The van der Waals surface area contributed by atoms with Gasteiger partial charge in [0.2, 0.25) is 0 Å². The number of imidazole rings is 1. The van der Waals surface area contributed by atoms with Gasteiger partial charge in [0, 0.05) is 26.2 Å². The van der Waals surface area contributed by atoms with Crippen LogP contribution in [0.3, 0.4) is 0 Å². The van der Waals surface area contributed by atoms with Crippen LogP contribution in [0.1, 0.15) is 38.3 Å². The normalized spacial score (nSPS) is 11.5. The standard InChI is InChI=1S/C22H29N3O2.ClH/c1-6-22(2,3)23-14-16-7-10-18(11-8-16)27-15-17-9-12-19-20(13-17)25(5)21(26)24(19)4;/h7-13,23H,6,14-15H2,1-5H3;1H. The zero-order chi connectivity index (χ0) is 19.6. The van der Waals surface area contributed by atoms with Gasteiger partial charge >= 0.3 is 5.69 Å². The lowest BCUT2D eigenvalue weighted by Gasteiger charge is -2.24. The zero-order valence-corrected chi connectivity index (χ0v) is 18.1. The van der Waals surface area contributed by atoms with Crippen LogP contribution >= 0.6 is 12.4 Å². The van der Waals surface area contributed by atoms with Crippen molar-refractivity contribution >= 4 is 23.4 Å². The molecule has 0 atom stereocenters. The van der Waals surface area contributed by atoms with Gasteiger partial charge in [0.25, 0.3) is 0 Å². The Labute approximate surface area is 172 Å². The highest BCUT2D eigenvalue weighted by Crippen LogP contribution is 2.18. The number of ether oxygens (including phenoxy) is 1. The van der Waals surface area contributed by atoms with Gasteiger partial charge in [-0.25, -0.2) is 4.79 Å². The minimum absolute atomic E-state index is 0. The Bertz CT molecular complexity index is 987. The smallest absolute Gasteiger partial charge is 0.328 e. The van der Waals surface area contributed by atoms with E-state index in [-0.39, 0.29) is 23.6 Å². The van der Waals surface area contributed by atoms with Crippen LogP contribution in [-0.2, 0) is 27.2 Å². The number of fused-ring (bicyclic) bond motifs is 1. The van der Waals surface area contributed by atoms with Crippen LogP contribution in [0.5, 0.6) is 5.75 Å². The fraction of sp³-hybridized carbons (Fsp3) is 0.409. The van der Waals surface area contributed by atoms with E-state index in [1.807, 2.05) is 30.3 Å². The molecule has 0 amide bonds. The third kappa shape index (κ3) is 4.78. The number of hydrogen-bond donors (Lipinski definition) is 1. The predicted molar refractivity (Wildman–Crippen MR) is 117 cm³/mol. The quantitative estimate of drug-likeness (QED) is 0.644. The second-order valence-electron chi connectivity index (χ2n) is 7.75. The molecule has 0 saturated carbocycles. The first-order valence-corrected chi connectivity index (χ1v) is 9.42. The predicted octanol–water partition coefficient (Wildman–Crippen LogP) is 4.16.